The molecule has 0 aliphatic rings. The maximum atomic E-state index is 13.5. The number of aromatic carboxylic acids is 1. The molecule has 154 valence electrons. The van der Waals surface area contributed by atoms with Crippen molar-refractivity contribution < 1.29 is 19.9 Å². The maximum Gasteiger partial charge on any atom is 0.348 e. The van der Waals surface area contributed by atoms with E-state index in [0.29, 0.717) is 16.8 Å². The van der Waals surface area contributed by atoms with Crippen molar-refractivity contribution in [1.29, 1.82) is 0 Å². The first-order chi connectivity index (χ1) is 14.3. The van der Waals surface area contributed by atoms with Gasteiger partial charge in [0.2, 0.25) is 0 Å². The van der Waals surface area contributed by atoms with E-state index in [0.717, 1.165) is 27.3 Å². The Balaban J connectivity index is 2.15. The van der Waals surface area contributed by atoms with Gasteiger partial charge < -0.3 is 15.2 Å². The van der Waals surface area contributed by atoms with E-state index in [4.69, 9.17) is 5.21 Å². The van der Waals surface area contributed by atoms with Crippen LogP contribution < -0.4 is 4.90 Å². The summed E-state index contributed by atoms with van der Waals surface area (Å²) in [5.74, 6) is -1.45. The van der Waals surface area contributed by atoms with Crippen LogP contribution in [0.25, 0.3) is 10.4 Å². The summed E-state index contributed by atoms with van der Waals surface area (Å²) in [6.45, 7) is 5.53. The van der Waals surface area contributed by atoms with Gasteiger partial charge >= 0.3 is 5.97 Å². The molecule has 7 heteroatoms. The van der Waals surface area contributed by atoms with Crippen molar-refractivity contribution in [3.05, 3.63) is 76.2 Å². The Bertz CT molecular complexity index is 1100. The van der Waals surface area contributed by atoms with Gasteiger partial charge in [-0.15, -0.1) is 11.3 Å². The van der Waals surface area contributed by atoms with E-state index in [9.17, 15) is 14.7 Å². The van der Waals surface area contributed by atoms with Crippen LogP contribution in [0.15, 0.2) is 59.8 Å². The van der Waals surface area contributed by atoms with Crippen LogP contribution in [0, 0.1) is 6.92 Å². The summed E-state index contributed by atoms with van der Waals surface area (Å²) in [7, 11) is 0. The van der Waals surface area contributed by atoms with Gasteiger partial charge in [0.25, 0.3) is 5.91 Å². The number of aryl methyl sites for hydroxylation is 1. The van der Waals surface area contributed by atoms with Crippen molar-refractivity contribution in [3.63, 3.8) is 0 Å². The first-order valence-corrected chi connectivity index (χ1v) is 10.2. The highest BCUT2D eigenvalue weighted by molar-refractivity contribution is 7.18. The summed E-state index contributed by atoms with van der Waals surface area (Å²) in [6, 6.07) is 16.1. The predicted molar refractivity (Wildman–Crippen MR) is 119 cm³/mol. The second-order valence-corrected chi connectivity index (χ2v) is 8.15. The average molecular weight is 423 g/mol. The molecule has 1 heterocycles. The Morgan fingerprint density at radius 2 is 1.80 bits per heavy atom. The number of nitrogens with zero attached hydrogens (tertiary/aromatic N) is 2. The van der Waals surface area contributed by atoms with Crippen LogP contribution in [0.3, 0.4) is 0 Å². The van der Waals surface area contributed by atoms with Crippen LogP contribution in [-0.4, -0.2) is 34.4 Å². The highest BCUT2D eigenvalue weighted by Gasteiger charge is 2.29. The van der Waals surface area contributed by atoms with Gasteiger partial charge in [0, 0.05) is 22.0 Å². The molecule has 0 saturated carbocycles. The average Bonchev–Trinajstić information content (AvgIpc) is 3.14. The lowest BCUT2D eigenvalue weighted by atomic mass is 10.0. The Kier molecular flexibility index (Phi) is 6.32. The standard InChI is InChI=1S/C23H22N2O4S/c1-14(2)25(22(26)18-10-9-15(3)11-17(18)13-24-29)19-12-20(30-21(19)23(27)28)16-7-5-4-6-8-16/h4-14,29H,1-3H3,(H,27,28). The van der Waals surface area contributed by atoms with Crippen LogP contribution in [0.5, 0.6) is 0 Å². The summed E-state index contributed by atoms with van der Waals surface area (Å²) in [6.07, 6.45) is 1.21. The molecule has 1 aromatic heterocycles. The number of carbonyl (C=O) groups excluding carboxylic acids is 1. The van der Waals surface area contributed by atoms with Gasteiger partial charge in [-0.3, -0.25) is 4.79 Å². The fourth-order valence-electron chi connectivity index (χ4n) is 3.26. The lowest BCUT2D eigenvalue weighted by Gasteiger charge is -2.27. The van der Waals surface area contributed by atoms with Crippen LogP contribution in [0.2, 0.25) is 0 Å². The molecule has 6 nitrogen and oxygen atoms in total. The van der Waals surface area contributed by atoms with E-state index in [1.165, 1.54) is 11.1 Å². The number of hydrogen-bond donors (Lipinski definition) is 2. The maximum absolute atomic E-state index is 13.5. The van der Waals surface area contributed by atoms with Crippen molar-refractivity contribution in [3.8, 4) is 10.4 Å². The van der Waals surface area contributed by atoms with E-state index < -0.39 is 5.97 Å². The Labute approximate surface area is 178 Å². The van der Waals surface area contributed by atoms with Crippen molar-refractivity contribution in [1.82, 2.24) is 0 Å². The molecule has 0 bridgehead atoms. The summed E-state index contributed by atoms with van der Waals surface area (Å²) >= 11 is 1.14. The topological polar surface area (TPSA) is 90.2 Å². The van der Waals surface area contributed by atoms with Crippen LogP contribution in [-0.2, 0) is 0 Å². The fraction of sp³-hybridized carbons (Fsp3) is 0.174. The Hall–Kier alpha value is -3.45. The largest absolute Gasteiger partial charge is 0.477 e. The Morgan fingerprint density at radius 1 is 1.10 bits per heavy atom. The first kappa shape index (κ1) is 21.3. The molecule has 0 fully saturated rings. The molecule has 3 aromatic rings. The summed E-state index contributed by atoms with van der Waals surface area (Å²) < 4.78 is 0. The summed E-state index contributed by atoms with van der Waals surface area (Å²) in [5, 5.41) is 21.9. The number of benzene rings is 2. The molecule has 30 heavy (non-hydrogen) atoms. The SMILES string of the molecule is Cc1ccc(C(=O)N(c2cc(-c3ccccc3)sc2C(=O)O)C(C)C)c(C=NO)c1. The molecule has 3 rings (SSSR count). The van der Waals surface area contributed by atoms with Crippen molar-refractivity contribution in [2.45, 2.75) is 26.8 Å². The Morgan fingerprint density at radius 3 is 2.40 bits per heavy atom. The first-order valence-electron chi connectivity index (χ1n) is 9.37. The zero-order valence-electron chi connectivity index (χ0n) is 16.9. The van der Waals surface area contributed by atoms with E-state index in [2.05, 4.69) is 5.16 Å². The number of carboxylic acid groups (broad SMARTS) is 1. The van der Waals surface area contributed by atoms with Gasteiger partial charge in [0.1, 0.15) is 4.88 Å². The van der Waals surface area contributed by atoms with Gasteiger partial charge in [-0.2, -0.15) is 0 Å². The molecule has 0 radical (unpaired) electrons. The number of carbonyl (C=O) groups is 2. The molecule has 2 N–H and O–H groups in total. The van der Waals surface area contributed by atoms with Crippen molar-refractivity contribution in [2.75, 3.05) is 4.90 Å². The van der Waals surface area contributed by atoms with Crippen LogP contribution in [0.1, 0.15) is 45.0 Å². The van der Waals surface area contributed by atoms with Gasteiger partial charge in [0.15, 0.2) is 0 Å². The molecular formula is C23H22N2O4S. The van der Waals surface area contributed by atoms with E-state index >= 15 is 0 Å². The molecule has 0 spiro atoms. The van der Waals surface area contributed by atoms with Crippen LogP contribution in [0.4, 0.5) is 5.69 Å². The highest BCUT2D eigenvalue weighted by atomic mass is 32.1. The van der Waals surface area contributed by atoms with Gasteiger partial charge in [-0.05, 0) is 44.5 Å². The summed E-state index contributed by atoms with van der Waals surface area (Å²) in [5.41, 5.74) is 2.93. The van der Waals surface area contributed by atoms with Gasteiger partial charge in [-0.25, -0.2) is 4.79 Å². The zero-order valence-corrected chi connectivity index (χ0v) is 17.7. The number of oxime groups is 1. The number of anilines is 1. The molecule has 0 aliphatic carbocycles. The molecule has 1 amide bonds. The second kappa shape index (κ2) is 8.92. The smallest absolute Gasteiger partial charge is 0.348 e. The third-order valence-corrected chi connectivity index (χ3v) is 5.76. The highest BCUT2D eigenvalue weighted by Crippen LogP contribution is 2.38. The second-order valence-electron chi connectivity index (χ2n) is 7.10. The van der Waals surface area contributed by atoms with Crippen LogP contribution >= 0.6 is 11.3 Å². The number of carboxylic acids is 1. The number of rotatable bonds is 6. The normalized spacial score (nSPS) is 11.2. The minimum atomic E-state index is -1.09. The van der Waals surface area contributed by atoms with E-state index in [1.54, 1.807) is 24.3 Å². The number of amides is 1. The lowest BCUT2D eigenvalue weighted by Crippen LogP contribution is -2.38. The molecule has 2 aromatic carbocycles. The van der Waals surface area contributed by atoms with E-state index in [1.807, 2.05) is 51.1 Å². The van der Waals surface area contributed by atoms with Crippen molar-refractivity contribution in [2.24, 2.45) is 5.16 Å². The number of thiophene rings is 1. The molecule has 0 atom stereocenters. The van der Waals surface area contributed by atoms with Crippen molar-refractivity contribution >= 4 is 35.1 Å². The minimum Gasteiger partial charge on any atom is -0.477 e. The number of hydrogen-bond acceptors (Lipinski definition) is 5. The molecule has 0 aliphatic heterocycles. The minimum absolute atomic E-state index is 0.0976. The molecular weight excluding hydrogens is 400 g/mol. The lowest BCUT2D eigenvalue weighted by molar-refractivity contribution is 0.0703. The zero-order chi connectivity index (χ0) is 21.8. The third-order valence-electron chi connectivity index (χ3n) is 4.59. The third kappa shape index (κ3) is 4.26. The predicted octanol–water partition coefficient (Wildman–Crippen LogP) is 5.29. The quantitative estimate of drug-likeness (QED) is 0.321. The van der Waals surface area contributed by atoms with Gasteiger partial charge in [0.05, 0.1) is 11.9 Å². The fourth-order valence-corrected chi connectivity index (χ4v) is 4.25. The van der Waals surface area contributed by atoms with E-state index in [-0.39, 0.29) is 16.8 Å². The molecule has 0 unspecified atom stereocenters. The molecule has 0 saturated heterocycles. The monoisotopic (exact) mass is 422 g/mol. The van der Waals surface area contributed by atoms with Gasteiger partial charge in [-0.1, -0.05) is 47.1 Å². The summed E-state index contributed by atoms with van der Waals surface area (Å²) in [4.78, 5) is 27.8.